The van der Waals surface area contributed by atoms with Crippen LogP contribution < -0.4 is 22.3 Å². The van der Waals surface area contributed by atoms with Gasteiger partial charge in [-0.2, -0.15) is 4.58 Å². The van der Waals surface area contributed by atoms with Gasteiger partial charge >= 0.3 is 5.17 Å². The second-order valence-corrected chi connectivity index (χ2v) is 8.55. The van der Waals surface area contributed by atoms with E-state index in [0.717, 1.165) is 39.1 Å². The highest BCUT2D eigenvalue weighted by atomic mass is 79.9. The molecule has 1 aliphatic heterocycles. The molecule has 5 nitrogen and oxygen atoms in total. The van der Waals surface area contributed by atoms with E-state index in [1.54, 1.807) is 11.8 Å². The fourth-order valence-corrected chi connectivity index (χ4v) is 5.03. The number of hydrogen-bond donors (Lipinski definition) is 3. The zero-order valence-corrected chi connectivity index (χ0v) is 19.9. The summed E-state index contributed by atoms with van der Waals surface area (Å²) in [7, 11) is 0. The van der Waals surface area contributed by atoms with Gasteiger partial charge in [0, 0.05) is 17.3 Å². The third kappa shape index (κ3) is 4.24. The highest BCUT2D eigenvalue weighted by molar-refractivity contribution is 8.14. The molecule has 162 valence electrons. The van der Waals surface area contributed by atoms with Crippen LogP contribution in [0.15, 0.2) is 91.0 Å². The van der Waals surface area contributed by atoms with Crippen molar-refractivity contribution in [2.75, 3.05) is 11.1 Å². The number of H-pyrrole nitrogens is 1. The zero-order valence-electron chi connectivity index (χ0n) is 17.5. The first-order chi connectivity index (χ1) is 15.1. The van der Waals surface area contributed by atoms with Crippen molar-refractivity contribution in [3.8, 4) is 11.1 Å². The van der Waals surface area contributed by atoms with Crippen LogP contribution in [-0.4, -0.2) is 30.8 Å². The second kappa shape index (κ2) is 9.32. The number of rotatable bonds is 4. The van der Waals surface area contributed by atoms with Gasteiger partial charge in [0.05, 0.1) is 5.75 Å². The minimum Gasteiger partial charge on any atom is -1.00 e. The van der Waals surface area contributed by atoms with E-state index in [4.69, 9.17) is 0 Å². The largest absolute Gasteiger partial charge is 1.00 e. The molecular weight excluding hydrogens is 484 g/mol. The number of halogens is 1. The topological polar surface area (TPSA) is 63.9 Å². The number of thioether (sulfide) groups is 1. The molecule has 0 spiro atoms. The van der Waals surface area contributed by atoms with Crippen LogP contribution in [0.25, 0.3) is 11.1 Å². The van der Waals surface area contributed by atoms with E-state index in [9.17, 15) is 5.11 Å². The van der Waals surface area contributed by atoms with Crippen molar-refractivity contribution in [3.63, 3.8) is 0 Å². The summed E-state index contributed by atoms with van der Waals surface area (Å²) < 4.78 is 1.96. The zero-order chi connectivity index (χ0) is 21.3. The molecule has 0 amide bonds. The van der Waals surface area contributed by atoms with Crippen molar-refractivity contribution in [2.24, 2.45) is 0 Å². The number of aliphatic hydroxyl groups is 1. The van der Waals surface area contributed by atoms with Crippen molar-refractivity contribution in [1.29, 1.82) is 0 Å². The third-order valence-corrected chi connectivity index (χ3v) is 6.50. The van der Waals surface area contributed by atoms with Crippen molar-refractivity contribution in [2.45, 2.75) is 12.6 Å². The summed E-state index contributed by atoms with van der Waals surface area (Å²) in [5, 5.41) is 23.4. The minimum absolute atomic E-state index is 0. The van der Waals surface area contributed by atoms with Crippen LogP contribution in [0, 0.1) is 6.92 Å². The minimum atomic E-state index is -1.19. The summed E-state index contributed by atoms with van der Waals surface area (Å²) in [5.74, 6) is 1.22. The fraction of sp³-hybridized carbons (Fsp3) is 0.120. The van der Waals surface area contributed by atoms with Crippen LogP contribution in [0.2, 0.25) is 0 Å². The number of aryl methyl sites for hydroxylation is 1. The molecule has 0 saturated heterocycles. The normalized spacial score (nSPS) is 17.8. The SMILES string of the molecule is Cc1cc(NC2=[N+](c3ccccc3)C(O)(c3ccc(-c4ccccc4)cc3)CS2)n[nH]1.[Br-]. The van der Waals surface area contributed by atoms with Crippen LogP contribution in [0.3, 0.4) is 0 Å². The van der Waals surface area contributed by atoms with Gasteiger partial charge in [0.25, 0.3) is 0 Å². The molecule has 0 fully saturated rings. The fourth-order valence-electron chi connectivity index (χ4n) is 3.83. The van der Waals surface area contributed by atoms with E-state index in [2.05, 4.69) is 39.8 Å². The molecule has 2 heterocycles. The molecule has 0 aliphatic carbocycles. The van der Waals surface area contributed by atoms with Crippen LogP contribution in [-0.2, 0) is 5.72 Å². The molecule has 3 aromatic carbocycles. The number of nitrogens with one attached hydrogen (secondary N) is 2. The molecule has 1 atom stereocenters. The molecular formula is C25H23BrN4OS. The Labute approximate surface area is 202 Å². The Balaban J connectivity index is 0.00000245. The first kappa shape index (κ1) is 22.3. The van der Waals surface area contributed by atoms with Gasteiger partial charge < -0.3 is 22.1 Å². The molecule has 4 aromatic rings. The Kier molecular flexibility index (Phi) is 6.50. The number of aromatic nitrogens is 2. The number of hydrogen-bond acceptors (Lipinski definition) is 4. The lowest BCUT2D eigenvalue weighted by atomic mass is 9.98. The molecule has 5 rings (SSSR count). The van der Waals surface area contributed by atoms with Gasteiger partial charge in [-0.3, -0.25) is 5.10 Å². The number of amidine groups is 1. The molecule has 0 radical (unpaired) electrons. The van der Waals surface area contributed by atoms with Gasteiger partial charge in [-0.1, -0.05) is 72.8 Å². The lowest BCUT2D eigenvalue weighted by Gasteiger charge is -2.24. The lowest BCUT2D eigenvalue weighted by molar-refractivity contribution is -0.592. The van der Waals surface area contributed by atoms with Crippen molar-refractivity contribution >= 4 is 28.4 Å². The van der Waals surface area contributed by atoms with E-state index in [1.807, 2.05) is 78.2 Å². The summed E-state index contributed by atoms with van der Waals surface area (Å²) in [5.41, 5.74) is 3.83. The van der Waals surface area contributed by atoms with Crippen LogP contribution in [0.1, 0.15) is 11.3 Å². The van der Waals surface area contributed by atoms with Crippen molar-refractivity contribution in [3.05, 3.63) is 102 Å². The summed E-state index contributed by atoms with van der Waals surface area (Å²) in [6, 6.07) is 30.3. The van der Waals surface area contributed by atoms with Gasteiger partial charge in [-0.25, -0.2) is 5.32 Å². The molecule has 1 aromatic heterocycles. The standard InChI is InChI=1S/C25H22N4OS.BrH/c1-18-16-23(28-27-18)26-24-29(22-10-6-3-7-11-22)25(30,17-31-24)21-14-12-20(13-15-21)19-8-4-2-5-9-19;/h2-16,30H,17H2,1H3,(H,27,28);1H. The predicted molar refractivity (Wildman–Crippen MR) is 127 cm³/mol. The number of benzene rings is 3. The Bertz CT molecular complexity index is 1230. The van der Waals surface area contributed by atoms with E-state index in [1.165, 1.54) is 0 Å². The Morgan fingerprint density at radius 1 is 0.938 bits per heavy atom. The van der Waals surface area contributed by atoms with Gasteiger partial charge in [-0.15, -0.1) is 5.10 Å². The molecule has 0 bridgehead atoms. The maximum Gasteiger partial charge on any atom is 0.320 e. The molecule has 7 heteroatoms. The first-order valence-corrected chi connectivity index (χ1v) is 11.1. The molecule has 0 saturated carbocycles. The summed E-state index contributed by atoms with van der Waals surface area (Å²) >= 11 is 1.58. The summed E-state index contributed by atoms with van der Waals surface area (Å²) in [6.45, 7) is 1.96. The van der Waals surface area contributed by atoms with E-state index < -0.39 is 5.72 Å². The van der Waals surface area contributed by atoms with Gasteiger partial charge in [0.1, 0.15) is 5.69 Å². The smallest absolute Gasteiger partial charge is 0.320 e. The molecule has 3 N–H and O–H groups in total. The monoisotopic (exact) mass is 506 g/mol. The Morgan fingerprint density at radius 3 is 2.19 bits per heavy atom. The van der Waals surface area contributed by atoms with Gasteiger partial charge in [-0.05, 0) is 41.9 Å². The van der Waals surface area contributed by atoms with E-state index in [-0.39, 0.29) is 17.0 Å². The Hall–Kier alpha value is -2.87. The predicted octanol–water partition coefficient (Wildman–Crippen LogP) is 2.09. The molecule has 1 unspecified atom stereocenters. The van der Waals surface area contributed by atoms with Crippen LogP contribution in [0.5, 0.6) is 0 Å². The van der Waals surface area contributed by atoms with Gasteiger partial charge in [0.15, 0.2) is 0 Å². The van der Waals surface area contributed by atoms with Gasteiger partial charge in [0.2, 0.25) is 11.5 Å². The maximum atomic E-state index is 11.9. The van der Waals surface area contributed by atoms with Crippen molar-refractivity contribution in [1.82, 2.24) is 10.2 Å². The second-order valence-electron chi connectivity index (χ2n) is 7.59. The van der Waals surface area contributed by atoms with Crippen LogP contribution >= 0.6 is 11.8 Å². The third-order valence-electron chi connectivity index (χ3n) is 5.39. The quantitative estimate of drug-likeness (QED) is 0.371. The first-order valence-electron chi connectivity index (χ1n) is 10.2. The van der Waals surface area contributed by atoms with Crippen molar-refractivity contribution < 1.29 is 26.7 Å². The highest BCUT2D eigenvalue weighted by Gasteiger charge is 2.47. The lowest BCUT2D eigenvalue weighted by Crippen LogP contribution is -3.00. The average Bonchev–Trinajstić information content (AvgIpc) is 3.38. The van der Waals surface area contributed by atoms with E-state index in [0.29, 0.717) is 5.75 Å². The summed E-state index contributed by atoms with van der Waals surface area (Å²) in [4.78, 5) is 0. The molecule has 1 aliphatic rings. The van der Waals surface area contributed by atoms with Crippen LogP contribution in [0.4, 0.5) is 11.5 Å². The average molecular weight is 507 g/mol. The Morgan fingerprint density at radius 2 is 1.56 bits per heavy atom. The molecule has 32 heavy (non-hydrogen) atoms. The number of nitrogens with zero attached hydrogens (tertiary/aromatic N) is 2. The highest BCUT2D eigenvalue weighted by Crippen LogP contribution is 2.39. The number of aromatic amines is 1. The summed E-state index contributed by atoms with van der Waals surface area (Å²) in [6.07, 6.45) is 0. The number of anilines is 1. The van der Waals surface area contributed by atoms with E-state index >= 15 is 0 Å². The number of para-hydroxylation sites is 1. The maximum absolute atomic E-state index is 11.9.